The molecule has 0 aliphatic carbocycles. The van der Waals surface area contributed by atoms with Crippen LogP contribution in [0.25, 0.3) is 0 Å². The van der Waals surface area contributed by atoms with Crippen LogP contribution in [0.1, 0.15) is 26.7 Å². The predicted octanol–water partition coefficient (Wildman–Crippen LogP) is 3.03. The molecule has 12 nitrogen and oxygen atoms in total. The van der Waals surface area contributed by atoms with Gasteiger partial charge in [-0.2, -0.15) is 13.2 Å². The Morgan fingerprint density at radius 1 is 1.12 bits per heavy atom. The number of alkyl halides is 3. The van der Waals surface area contributed by atoms with Gasteiger partial charge in [0.05, 0.1) is 6.61 Å². The van der Waals surface area contributed by atoms with Crippen LogP contribution in [-0.4, -0.2) is 109 Å². The first-order valence-electron chi connectivity index (χ1n) is 13.2. The summed E-state index contributed by atoms with van der Waals surface area (Å²) in [5, 5.41) is 21.4. The van der Waals surface area contributed by atoms with Gasteiger partial charge in [0.15, 0.2) is 17.9 Å². The SMILES string of the molecule is CCCSC1(SCCC)N=C(N(CC(F)(F)F)c2ccccc2)C2=NCN([C@@H]3O[C@H](COP(=O)(O)O)[C@@H](O)[C@H]3O)C2=N1. The number of thioether (sulfide) groups is 2. The topological polar surface area (TPSA) is 160 Å². The molecule has 1 aromatic rings. The highest BCUT2D eigenvalue weighted by molar-refractivity contribution is 8.18. The van der Waals surface area contributed by atoms with Gasteiger partial charge in [-0.25, -0.2) is 14.5 Å². The van der Waals surface area contributed by atoms with Gasteiger partial charge in [0.25, 0.3) is 0 Å². The van der Waals surface area contributed by atoms with E-state index in [0.29, 0.717) is 11.5 Å². The normalized spacial score (nSPS) is 25.6. The molecule has 0 spiro atoms. The number of aliphatic hydroxyl groups is 2. The summed E-state index contributed by atoms with van der Waals surface area (Å²) in [5.41, 5.74) is 0.307. The Bertz CT molecular complexity index is 1230. The van der Waals surface area contributed by atoms with Gasteiger partial charge in [0, 0.05) is 5.69 Å². The van der Waals surface area contributed by atoms with Crippen molar-refractivity contribution in [1.82, 2.24) is 4.90 Å². The number of hydrogen-bond acceptors (Lipinski definition) is 12. The largest absolute Gasteiger partial charge is 0.469 e. The number of rotatable bonds is 12. The number of amidine groups is 2. The molecule has 42 heavy (non-hydrogen) atoms. The molecule has 0 radical (unpaired) electrons. The van der Waals surface area contributed by atoms with E-state index >= 15 is 0 Å². The number of nitrogens with zero attached hydrogens (tertiary/aromatic N) is 5. The van der Waals surface area contributed by atoms with Gasteiger partial charge in [-0.05, 0) is 36.5 Å². The van der Waals surface area contributed by atoms with E-state index < -0.39 is 56.0 Å². The summed E-state index contributed by atoms with van der Waals surface area (Å²) in [7, 11) is -4.89. The fourth-order valence-corrected chi connectivity index (χ4v) is 7.17. The van der Waals surface area contributed by atoms with Crippen LogP contribution in [0.3, 0.4) is 0 Å². The number of aliphatic hydroxyl groups excluding tert-OH is 2. The van der Waals surface area contributed by atoms with Crippen molar-refractivity contribution >= 4 is 54.4 Å². The molecule has 0 unspecified atom stereocenters. The van der Waals surface area contributed by atoms with E-state index in [1.54, 1.807) is 30.3 Å². The van der Waals surface area contributed by atoms with Gasteiger partial charge in [-0.1, -0.05) is 55.6 Å². The van der Waals surface area contributed by atoms with Crippen LogP contribution in [0.5, 0.6) is 0 Å². The van der Waals surface area contributed by atoms with Gasteiger partial charge in [-0.3, -0.25) is 9.52 Å². The average Bonchev–Trinajstić information content (AvgIpc) is 3.47. The van der Waals surface area contributed by atoms with E-state index in [4.69, 9.17) is 24.5 Å². The number of anilines is 1. The molecular formula is C24H33F3N5O7PS2. The number of para-hydroxylation sites is 1. The smallest absolute Gasteiger partial charge is 0.387 e. The first-order chi connectivity index (χ1) is 19.8. The van der Waals surface area contributed by atoms with Gasteiger partial charge in [0.1, 0.15) is 37.2 Å². The maximum atomic E-state index is 14.0. The summed E-state index contributed by atoms with van der Waals surface area (Å²) >= 11 is 2.73. The number of phosphoric acid groups is 1. The highest BCUT2D eigenvalue weighted by atomic mass is 32.2. The number of phosphoric ester groups is 1. The lowest BCUT2D eigenvalue weighted by atomic mass is 10.1. The summed E-state index contributed by atoms with van der Waals surface area (Å²) in [5.74, 6) is 1.28. The number of ether oxygens (including phenoxy) is 1. The standard InChI is InChI=1S/C24H33F3N5O7PS2/c1-3-10-41-24(42-11-4-2)29-20(31(13-23(25,26)27)15-8-6-5-7-9-15)17-21(30-24)32(14-28-17)22-19(34)18(33)16(39-22)12-38-40(35,36)37/h5-9,16,18-19,22,33-34H,3-4,10-14H2,1-2H3,(H2,35,36,37)/t16-,18-,19-,22-/m1/s1. The molecule has 4 rings (SSSR count). The van der Waals surface area contributed by atoms with Crippen molar-refractivity contribution < 1.29 is 47.0 Å². The molecule has 234 valence electrons. The van der Waals surface area contributed by atoms with Crippen LogP contribution in [0.15, 0.2) is 45.3 Å². The summed E-state index contributed by atoms with van der Waals surface area (Å²) < 4.78 is 62.0. The van der Waals surface area contributed by atoms with Crippen molar-refractivity contribution in [2.45, 2.75) is 61.7 Å². The fraction of sp³-hybridized carbons (Fsp3) is 0.625. The van der Waals surface area contributed by atoms with Gasteiger partial charge in [-0.15, -0.1) is 0 Å². The van der Waals surface area contributed by atoms with Crippen molar-refractivity contribution in [2.24, 2.45) is 15.0 Å². The van der Waals surface area contributed by atoms with E-state index in [2.05, 4.69) is 9.52 Å². The minimum Gasteiger partial charge on any atom is -0.387 e. The minimum absolute atomic E-state index is 0.0485. The lowest BCUT2D eigenvalue weighted by Crippen LogP contribution is -2.53. The van der Waals surface area contributed by atoms with E-state index in [1.807, 2.05) is 13.8 Å². The molecule has 1 saturated heterocycles. The Morgan fingerprint density at radius 3 is 2.33 bits per heavy atom. The van der Waals surface area contributed by atoms with Crippen molar-refractivity contribution in [3.05, 3.63) is 30.3 Å². The molecular weight excluding hydrogens is 622 g/mol. The summed E-state index contributed by atoms with van der Waals surface area (Å²) in [4.78, 5) is 34.7. The van der Waals surface area contributed by atoms with E-state index in [0.717, 1.165) is 17.7 Å². The van der Waals surface area contributed by atoms with Crippen molar-refractivity contribution in [3.63, 3.8) is 0 Å². The highest BCUT2D eigenvalue weighted by Gasteiger charge is 2.52. The first kappa shape index (κ1) is 33.2. The average molecular weight is 656 g/mol. The molecule has 1 fully saturated rings. The second kappa shape index (κ2) is 13.5. The van der Waals surface area contributed by atoms with E-state index in [9.17, 15) is 27.9 Å². The first-order valence-corrected chi connectivity index (χ1v) is 16.7. The minimum atomic E-state index is -4.89. The zero-order chi connectivity index (χ0) is 30.7. The number of fused-ring (bicyclic) bond motifs is 1. The Kier molecular flexibility index (Phi) is 10.7. The van der Waals surface area contributed by atoms with Crippen LogP contribution >= 0.6 is 31.3 Å². The fourth-order valence-electron chi connectivity index (χ4n) is 4.45. The zero-order valence-corrected chi connectivity index (χ0v) is 25.3. The summed E-state index contributed by atoms with van der Waals surface area (Å²) in [6.07, 6.45) is -8.84. The van der Waals surface area contributed by atoms with Gasteiger partial charge >= 0.3 is 14.0 Å². The van der Waals surface area contributed by atoms with Crippen molar-refractivity contribution in [1.29, 1.82) is 0 Å². The highest BCUT2D eigenvalue weighted by Crippen LogP contribution is 2.45. The molecule has 1 aromatic carbocycles. The third-order valence-electron chi connectivity index (χ3n) is 6.27. The molecule has 3 heterocycles. The quantitative estimate of drug-likeness (QED) is 0.194. The van der Waals surface area contributed by atoms with Crippen LogP contribution in [-0.2, 0) is 13.8 Å². The summed E-state index contributed by atoms with van der Waals surface area (Å²) in [6.45, 7) is 1.68. The lowest BCUT2D eigenvalue weighted by Gasteiger charge is -2.37. The molecule has 4 N–H and O–H groups in total. The van der Waals surface area contributed by atoms with Crippen LogP contribution in [0.4, 0.5) is 18.9 Å². The Morgan fingerprint density at radius 2 is 1.76 bits per heavy atom. The Hall–Kier alpha value is -1.69. The van der Waals surface area contributed by atoms with Gasteiger partial charge < -0.3 is 34.5 Å². The van der Waals surface area contributed by atoms with E-state index in [1.165, 1.54) is 28.4 Å². The van der Waals surface area contributed by atoms with Crippen LogP contribution in [0, 0.1) is 0 Å². The number of halogens is 3. The second-order valence-corrected chi connectivity index (χ2v) is 13.6. The maximum Gasteiger partial charge on any atom is 0.469 e. The number of aliphatic imine (C=N–C) groups is 3. The Balaban J connectivity index is 1.76. The molecule has 0 bridgehead atoms. The summed E-state index contributed by atoms with van der Waals surface area (Å²) in [6, 6.07) is 8.01. The third kappa shape index (κ3) is 7.87. The number of benzene rings is 1. The molecule has 0 saturated carbocycles. The molecule has 4 atom stereocenters. The monoisotopic (exact) mass is 655 g/mol. The molecule has 0 amide bonds. The van der Waals surface area contributed by atoms with Crippen LogP contribution < -0.4 is 4.90 Å². The molecule has 0 aromatic heterocycles. The molecule has 3 aliphatic heterocycles. The predicted molar refractivity (Wildman–Crippen MR) is 156 cm³/mol. The maximum absolute atomic E-state index is 14.0. The third-order valence-corrected chi connectivity index (χ3v) is 9.81. The van der Waals surface area contributed by atoms with E-state index in [-0.39, 0.29) is 29.7 Å². The molecule has 18 heteroatoms. The number of hydrogen-bond donors (Lipinski definition) is 4. The van der Waals surface area contributed by atoms with Crippen molar-refractivity contribution in [2.75, 3.05) is 36.2 Å². The Labute approximate surface area is 249 Å². The van der Waals surface area contributed by atoms with Crippen LogP contribution in [0.2, 0.25) is 0 Å². The van der Waals surface area contributed by atoms with Crippen molar-refractivity contribution in [3.8, 4) is 0 Å². The second-order valence-electron chi connectivity index (χ2n) is 9.60. The lowest BCUT2D eigenvalue weighted by molar-refractivity contribution is -0.117. The van der Waals surface area contributed by atoms with Gasteiger partial charge in [0.2, 0.25) is 4.33 Å². The molecule has 3 aliphatic rings. The zero-order valence-electron chi connectivity index (χ0n) is 22.8.